The average Bonchev–Trinajstić information content (AvgIpc) is 3.18. The van der Waals surface area contributed by atoms with Crippen molar-refractivity contribution in [3.8, 4) is 11.5 Å². The zero-order valence-electron chi connectivity index (χ0n) is 36.6. The zero-order chi connectivity index (χ0) is 40.1. The third-order valence-corrected chi connectivity index (χ3v) is 11.6. The highest BCUT2D eigenvalue weighted by atomic mass is 16.5. The molecule has 0 unspecified atom stereocenters. The Hall–Kier alpha value is -2.88. The molecule has 314 valence electrons. The first kappa shape index (κ1) is 47.5. The van der Waals surface area contributed by atoms with Crippen molar-refractivity contribution in [2.75, 3.05) is 0 Å². The van der Waals surface area contributed by atoms with Crippen LogP contribution in [0.4, 0.5) is 0 Å². The van der Waals surface area contributed by atoms with Crippen LogP contribution in [0.5, 0.6) is 11.5 Å². The summed E-state index contributed by atoms with van der Waals surface area (Å²) in [6.45, 7) is 9.28. The van der Waals surface area contributed by atoms with E-state index >= 15 is 0 Å². The molecule has 56 heavy (non-hydrogen) atoms. The maximum atomic E-state index is 13.1. The first-order chi connectivity index (χ1) is 27.4. The summed E-state index contributed by atoms with van der Waals surface area (Å²) in [7, 11) is 0. The van der Waals surface area contributed by atoms with E-state index in [0.29, 0.717) is 24.3 Å². The molecule has 0 bridgehead atoms. The summed E-state index contributed by atoms with van der Waals surface area (Å²) in [6.07, 6.45) is 37.0. The highest BCUT2D eigenvalue weighted by Crippen LogP contribution is 2.43. The van der Waals surface area contributed by atoms with Gasteiger partial charge in [0, 0.05) is 34.4 Å². The number of ether oxygens (including phenoxy) is 2. The van der Waals surface area contributed by atoms with Crippen LogP contribution < -0.4 is 9.47 Å². The summed E-state index contributed by atoms with van der Waals surface area (Å²) < 4.78 is 12.2. The Labute approximate surface area is 343 Å². The largest absolute Gasteiger partial charge is 0.425 e. The Morgan fingerprint density at radius 2 is 0.571 bits per heavy atom. The van der Waals surface area contributed by atoms with Crippen molar-refractivity contribution in [1.82, 2.24) is 0 Å². The molecular formula is C52H82O4. The summed E-state index contributed by atoms with van der Waals surface area (Å²) in [4.78, 5) is 26.3. The van der Waals surface area contributed by atoms with E-state index in [-0.39, 0.29) is 11.9 Å². The minimum Gasteiger partial charge on any atom is -0.425 e. The van der Waals surface area contributed by atoms with E-state index in [0.717, 1.165) is 59.1 Å². The summed E-state index contributed by atoms with van der Waals surface area (Å²) >= 11 is 0. The van der Waals surface area contributed by atoms with Crippen LogP contribution in [0.25, 0.3) is 21.5 Å². The molecule has 0 aromatic heterocycles. The minimum absolute atomic E-state index is 0.197. The second kappa shape index (κ2) is 30.2. The molecule has 0 aliphatic heterocycles. The molecule has 0 amide bonds. The first-order valence-corrected chi connectivity index (χ1v) is 23.7. The van der Waals surface area contributed by atoms with Crippen molar-refractivity contribution in [2.24, 2.45) is 11.8 Å². The SMILES string of the molecule is CC(C)CCCCCCCCCCCCCCCC(=O)Oc1c2ccccc2c(OC(=O)CCCCCCCCCCCCCCCC(C)C)c2ccccc12. The van der Waals surface area contributed by atoms with Crippen molar-refractivity contribution in [2.45, 2.75) is 220 Å². The molecule has 4 nitrogen and oxygen atoms in total. The maximum absolute atomic E-state index is 13.1. The van der Waals surface area contributed by atoms with Gasteiger partial charge in [0.15, 0.2) is 0 Å². The summed E-state index contributed by atoms with van der Waals surface area (Å²) in [5.74, 6) is 2.42. The summed E-state index contributed by atoms with van der Waals surface area (Å²) in [5.41, 5.74) is 0. The van der Waals surface area contributed by atoms with E-state index in [1.54, 1.807) is 0 Å². The van der Waals surface area contributed by atoms with Crippen LogP contribution in [0.15, 0.2) is 48.5 Å². The van der Waals surface area contributed by atoms with Gasteiger partial charge < -0.3 is 9.47 Å². The fourth-order valence-electron chi connectivity index (χ4n) is 8.13. The van der Waals surface area contributed by atoms with Crippen LogP contribution in [-0.2, 0) is 9.59 Å². The van der Waals surface area contributed by atoms with Gasteiger partial charge in [0.2, 0.25) is 0 Å². The molecule has 0 radical (unpaired) electrons. The maximum Gasteiger partial charge on any atom is 0.311 e. The highest BCUT2D eigenvalue weighted by molar-refractivity contribution is 6.12. The van der Waals surface area contributed by atoms with E-state index in [9.17, 15) is 9.59 Å². The molecule has 0 atom stereocenters. The van der Waals surface area contributed by atoms with Gasteiger partial charge in [-0.3, -0.25) is 9.59 Å². The molecular weight excluding hydrogens is 689 g/mol. The van der Waals surface area contributed by atoms with Crippen LogP contribution in [0.3, 0.4) is 0 Å². The number of hydrogen-bond acceptors (Lipinski definition) is 4. The Bertz CT molecular complexity index is 1310. The van der Waals surface area contributed by atoms with Crippen LogP contribution in [0.2, 0.25) is 0 Å². The van der Waals surface area contributed by atoms with Crippen molar-refractivity contribution >= 4 is 33.5 Å². The number of hydrogen-bond donors (Lipinski definition) is 0. The van der Waals surface area contributed by atoms with Gasteiger partial charge in [0.05, 0.1) is 0 Å². The first-order valence-electron chi connectivity index (χ1n) is 23.7. The number of unbranched alkanes of at least 4 members (excludes halogenated alkanes) is 24. The molecule has 0 saturated carbocycles. The lowest BCUT2D eigenvalue weighted by Crippen LogP contribution is -2.10. The molecule has 0 fully saturated rings. The third kappa shape index (κ3) is 20.5. The van der Waals surface area contributed by atoms with Gasteiger partial charge in [-0.1, -0.05) is 243 Å². The fraction of sp³-hybridized carbons (Fsp3) is 0.692. The summed E-state index contributed by atoms with van der Waals surface area (Å²) in [5, 5.41) is 3.20. The molecule has 3 aromatic rings. The smallest absolute Gasteiger partial charge is 0.311 e. The van der Waals surface area contributed by atoms with Crippen molar-refractivity contribution in [1.29, 1.82) is 0 Å². The number of carbonyl (C=O) groups is 2. The Balaban J connectivity index is 1.32. The number of rotatable bonds is 34. The minimum atomic E-state index is -0.197. The number of esters is 2. The van der Waals surface area contributed by atoms with Gasteiger partial charge >= 0.3 is 11.9 Å². The Morgan fingerprint density at radius 3 is 0.804 bits per heavy atom. The molecule has 3 rings (SSSR count). The van der Waals surface area contributed by atoms with E-state index < -0.39 is 0 Å². The number of carbonyl (C=O) groups excluding carboxylic acids is 2. The van der Waals surface area contributed by atoms with Gasteiger partial charge in [-0.2, -0.15) is 0 Å². The predicted octanol–water partition coefficient (Wildman–Crippen LogP) is 16.8. The van der Waals surface area contributed by atoms with E-state index in [4.69, 9.17) is 9.47 Å². The molecule has 0 aliphatic carbocycles. The lowest BCUT2D eigenvalue weighted by molar-refractivity contribution is -0.135. The molecule has 3 aromatic carbocycles. The quantitative estimate of drug-likeness (QED) is 0.0263. The van der Waals surface area contributed by atoms with Gasteiger partial charge in [-0.15, -0.1) is 0 Å². The van der Waals surface area contributed by atoms with Crippen molar-refractivity contribution < 1.29 is 19.1 Å². The standard InChI is InChI=1S/C52H82O4/c1-43(2)35-27-23-19-15-11-7-5-9-13-17-21-25-29-41-49(53)55-51-45-37-31-33-39-47(45)52(48-40-34-32-38-46(48)51)56-50(54)42-30-26-22-18-14-10-6-8-12-16-20-24-28-36-44(3)4/h31-34,37-40,43-44H,5-30,35-36,41-42H2,1-4H3. The van der Waals surface area contributed by atoms with E-state index in [1.165, 1.54) is 154 Å². The van der Waals surface area contributed by atoms with Crippen LogP contribution in [-0.4, -0.2) is 11.9 Å². The molecule has 0 heterocycles. The lowest BCUT2D eigenvalue weighted by Gasteiger charge is -2.16. The molecule has 0 saturated heterocycles. The number of benzene rings is 3. The van der Waals surface area contributed by atoms with Crippen molar-refractivity contribution in [3.05, 3.63) is 48.5 Å². The highest BCUT2D eigenvalue weighted by Gasteiger charge is 2.20. The van der Waals surface area contributed by atoms with E-state index in [1.807, 2.05) is 48.5 Å². The molecule has 0 N–H and O–H groups in total. The topological polar surface area (TPSA) is 52.6 Å². The summed E-state index contributed by atoms with van der Waals surface area (Å²) in [6, 6.07) is 15.6. The third-order valence-electron chi connectivity index (χ3n) is 11.6. The van der Waals surface area contributed by atoms with Crippen LogP contribution in [0.1, 0.15) is 220 Å². The second-order valence-corrected chi connectivity index (χ2v) is 17.8. The molecule has 0 aliphatic rings. The molecule has 0 spiro atoms. The van der Waals surface area contributed by atoms with Gasteiger partial charge in [0.1, 0.15) is 11.5 Å². The van der Waals surface area contributed by atoms with Crippen molar-refractivity contribution in [3.63, 3.8) is 0 Å². The van der Waals surface area contributed by atoms with Crippen LogP contribution >= 0.6 is 0 Å². The Kier molecular flexibility index (Phi) is 25.6. The monoisotopic (exact) mass is 771 g/mol. The Morgan fingerprint density at radius 1 is 0.357 bits per heavy atom. The number of fused-ring (bicyclic) bond motifs is 2. The van der Waals surface area contributed by atoms with Gasteiger partial charge in [0.25, 0.3) is 0 Å². The van der Waals surface area contributed by atoms with Gasteiger partial charge in [-0.25, -0.2) is 0 Å². The van der Waals surface area contributed by atoms with Gasteiger partial charge in [-0.05, 0) is 24.7 Å². The second-order valence-electron chi connectivity index (χ2n) is 17.8. The van der Waals surface area contributed by atoms with E-state index in [2.05, 4.69) is 27.7 Å². The fourth-order valence-corrected chi connectivity index (χ4v) is 8.13. The normalized spacial score (nSPS) is 11.7. The predicted molar refractivity (Wildman–Crippen MR) is 241 cm³/mol. The average molecular weight is 771 g/mol. The molecule has 4 heteroatoms. The zero-order valence-corrected chi connectivity index (χ0v) is 36.6. The van der Waals surface area contributed by atoms with Crippen LogP contribution in [0, 0.1) is 11.8 Å². The lowest BCUT2D eigenvalue weighted by atomic mass is 10.0.